The highest BCUT2D eigenvalue weighted by molar-refractivity contribution is 14.1. The van der Waals surface area contributed by atoms with Crippen molar-refractivity contribution in [1.29, 1.82) is 5.26 Å². The summed E-state index contributed by atoms with van der Waals surface area (Å²) in [6, 6.07) is 8.02. The number of rotatable bonds is 1. The SMILES string of the molecule is CC(C)(C)OC(=O)N1CCC(c2cc(C#N)ccc2I)CC1. The van der Waals surface area contributed by atoms with Crippen molar-refractivity contribution in [3.8, 4) is 6.07 Å². The van der Waals surface area contributed by atoms with Crippen LogP contribution in [0.3, 0.4) is 0 Å². The summed E-state index contributed by atoms with van der Waals surface area (Å²) in [5.74, 6) is 0.402. The number of carbonyl (C=O) groups excluding carboxylic acids is 1. The van der Waals surface area contributed by atoms with E-state index in [2.05, 4.69) is 28.7 Å². The second kappa shape index (κ2) is 6.86. The van der Waals surface area contributed by atoms with E-state index in [-0.39, 0.29) is 6.09 Å². The summed E-state index contributed by atoms with van der Waals surface area (Å²) in [4.78, 5) is 13.9. The molecule has 0 radical (unpaired) electrons. The maximum absolute atomic E-state index is 12.1. The van der Waals surface area contributed by atoms with E-state index < -0.39 is 5.60 Å². The summed E-state index contributed by atoms with van der Waals surface area (Å²) >= 11 is 2.32. The fourth-order valence-corrected chi connectivity index (χ4v) is 3.40. The van der Waals surface area contributed by atoms with Crippen LogP contribution < -0.4 is 0 Å². The van der Waals surface area contributed by atoms with Gasteiger partial charge in [-0.15, -0.1) is 0 Å². The van der Waals surface area contributed by atoms with Crippen LogP contribution in [0.15, 0.2) is 18.2 Å². The molecule has 5 heteroatoms. The zero-order valence-electron chi connectivity index (χ0n) is 13.2. The zero-order valence-corrected chi connectivity index (χ0v) is 15.4. The van der Waals surface area contributed by atoms with Gasteiger partial charge in [-0.05, 0) is 85.9 Å². The normalized spacial score (nSPS) is 16.2. The molecule has 1 saturated heterocycles. The molecular formula is C17H21IN2O2. The first-order valence-corrected chi connectivity index (χ1v) is 8.55. The van der Waals surface area contributed by atoms with Crippen molar-refractivity contribution < 1.29 is 9.53 Å². The van der Waals surface area contributed by atoms with E-state index in [9.17, 15) is 4.79 Å². The third-order valence-electron chi connectivity index (χ3n) is 3.71. The summed E-state index contributed by atoms with van der Waals surface area (Å²) in [6.45, 7) is 7.05. The van der Waals surface area contributed by atoms with Crippen molar-refractivity contribution >= 4 is 28.7 Å². The Kier molecular flexibility index (Phi) is 5.32. The number of ether oxygens (including phenoxy) is 1. The first-order chi connectivity index (χ1) is 10.3. The monoisotopic (exact) mass is 412 g/mol. The van der Waals surface area contributed by atoms with Crippen molar-refractivity contribution in [2.75, 3.05) is 13.1 Å². The number of hydrogen-bond acceptors (Lipinski definition) is 3. The van der Waals surface area contributed by atoms with Gasteiger partial charge in [-0.1, -0.05) is 0 Å². The van der Waals surface area contributed by atoms with Crippen LogP contribution in [0.4, 0.5) is 4.79 Å². The Balaban J connectivity index is 2.01. The number of halogens is 1. The topological polar surface area (TPSA) is 53.3 Å². The van der Waals surface area contributed by atoms with Crippen LogP contribution in [0, 0.1) is 14.9 Å². The van der Waals surface area contributed by atoms with Crippen LogP contribution in [-0.2, 0) is 4.74 Å². The maximum atomic E-state index is 12.1. The van der Waals surface area contributed by atoms with Crippen molar-refractivity contribution in [3.05, 3.63) is 32.9 Å². The molecule has 0 unspecified atom stereocenters. The number of piperidine rings is 1. The molecular weight excluding hydrogens is 391 g/mol. The highest BCUT2D eigenvalue weighted by atomic mass is 127. The van der Waals surface area contributed by atoms with Gasteiger partial charge in [0.25, 0.3) is 0 Å². The first-order valence-electron chi connectivity index (χ1n) is 7.47. The number of nitrogens with zero attached hydrogens (tertiary/aromatic N) is 2. The Morgan fingerprint density at radius 3 is 2.55 bits per heavy atom. The highest BCUT2D eigenvalue weighted by Gasteiger charge is 2.28. The lowest BCUT2D eigenvalue weighted by molar-refractivity contribution is 0.0204. The van der Waals surface area contributed by atoms with Gasteiger partial charge in [-0.25, -0.2) is 4.79 Å². The first kappa shape index (κ1) is 17.1. The molecule has 1 aromatic carbocycles. The second-order valence-electron chi connectivity index (χ2n) is 6.59. The van der Waals surface area contributed by atoms with Gasteiger partial charge in [0.1, 0.15) is 5.60 Å². The molecule has 1 fully saturated rings. The van der Waals surface area contributed by atoms with Gasteiger partial charge in [0.15, 0.2) is 0 Å². The minimum Gasteiger partial charge on any atom is -0.444 e. The van der Waals surface area contributed by atoms with Crippen LogP contribution in [0.2, 0.25) is 0 Å². The third kappa shape index (κ3) is 4.35. The minimum atomic E-state index is -0.454. The van der Waals surface area contributed by atoms with Crippen molar-refractivity contribution in [2.45, 2.75) is 45.1 Å². The van der Waals surface area contributed by atoms with E-state index in [4.69, 9.17) is 10.00 Å². The number of nitriles is 1. The molecule has 1 aliphatic heterocycles. The predicted octanol–water partition coefficient (Wildman–Crippen LogP) is 4.28. The average molecular weight is 412 g/mol. The number of amides is 1. The molecule has 1 aliphatic rings. The molecule has 0 aliphatic carbocycles. The summed E-state index contributed by atoms with van der Waals surface area (Å²) in [5.41, 5.74) is 1.47. The largest absolute Gasteiger partial charge is 0.444 e. The second-order valence-corrected chi connectivity index (χ2v) is 7.75. The van der Waals surface area contributed by atoms with E-state index in [0.29, 0.717) is 24.6 Å². The standard InChI is InChI=1S/C17H21IN2O2/c1-17(2,3)22-16(21)20-8-6-13(7-9-20)14-10-12(11-19)4-5-15(14)18/h4-5,10,13H,6-9H2,1-3H3. The van der Waals surface area contributed by atoms with E-state index in [0.717, 1.165) is 12.8 Å². The number of likely N-dealkylation sites (tertiary alicyclic amines) is 1. The van der Waals surface area contributed by atoms with E-state index in [1.165, 1.54) is 9.13 Å². The van der Waals surface area contributed by atoms with Gasteiger partial charge in [0, 0.05) is 16.7 Å². The summed E-state index contributed by atoms with van der Waals surface area (Å²) < 4.78 is 6.61. The molecule has 1 amide bonds. The third-order valence-corrected chi connectivity index (χ3v) is 4.69. The smallest absolute Gasteiger partial charge is 0.410 e. The van der Waals surface area contributed by atoms with Crippen LogP contribution in [0.1, 0.15) is 50.7 Å². The van der Waals surface area contributed by atoms with Crippen LogP contribution in [-0.4, -0.2) is 29.7 Å². The lowest BCUT2D eigenvalue weighted by Gasteiger charge is -2.34. The van der Waals surface area contributed by atoms with E-state index >= 15 is 0 Å². The summed E-state index contributed by atoms with van der Waals surface area (Å²) in [6.07, 6.45) is 1.58. The molecule has 1 heterocycles. The van der Waals surface area contributed by atoms with E-state index in [1.807, 2.05) is 39.0 Å². The molecule has 22 heavy (non-hydrogen) atoms. The number of benzene rings is 1. The van der Waals surface area contributed by atoms with Gasteiger partial charge in [0.05, 0.1) is 11.6 Å². The van der Waals surface area contributed by atoms with Gasteiger partial charge in [0.2, 0.25) is 0 Å². The Morgan fingerprint density at radius 1 is 1.36 bits per heavy atom. The fourth-order valence-electron chi connectivity index (χ4n) is 2.63. The molecule has 1 aromatic rings. The van der Waals surface area contributed by atoms with Gasteiger partial charge in [-0.3, -0.25) is 0 Å². The Morgan fingerprint density at radius 2 is 2.00 bits per heavy atom. The Hall–Kier alpha value is -1.29. The zero-order chi connectivity index (χ0) is 16.3. The molecule has 0 N–H and O–H groups in total. The lowest BCUT2D eigenvalue weighted by Crippen LogP contribution is -2.41. The van der Waals surface area contributed by atoms with Crippen molar-refractivity contribution in [2.24, 2.45) is 0 Å². The molecule has 0 atom stereocenters. The predicted molar refractivity (Wildman–Crippen MR) is 93.7 cm³/mol. The fraction of sp³-hybridized carbons (Fsp3) is 0.529. The lowest BCUT2D eigenvalue weighted by atomic mass is 9.89. The van der Waals surface area contributed by atoms with Gasteiger partial charge < -0.3 is 9.64 Å². The maximum Gasteiger partial charge on any atom is 0.410 e. The van der Waals surface area contributed by atoms with Crippen molar-refractivity contribution in [1.82, 2.24) is 4.90 Å². The van der Waals surface area contributed by atoms with Gasteiger partial charge in [-0.2, -0.15) is 5.26 Å². The molecule has 0 spiro atoms. The Bertz CT molecular complexity index is 594. The van der Waals surface area contributed by atoms with Crippen LogP contribution in [0.5, 0.6) is 0 Å². The van der Waals surface area contributed by atoms with E-state index in [1.54, 1.807) is 4.90 Å². The molecule has 0 bridgehead atoms. The number of carbonyl (C=O) groups is 1. The quantitative estimate of drug-likeness (QED) is 0.648. The average Bonchev–Trinajstić information content (AvgIpc) is 2.46. The highest BCUT2D eigenvalue weighted by Crippen LogP contribution is 2.32. The van der Waals surface area contributed by atoms with Crippen molar-refractivity contribution in [3.63, 3.8) is 0 Å². The van der Waals surface area contributed by atoms with Gasteiger partial charge >= 0.3 is 6.09 Å². The van der Waals surface area contributed by atoms with Crippen LogP contribution >= 0.6 is 22.6 Å². The van der Waals surface area contributed by atoms with Crippen LogP contribution in [0.25, 0.3) is 0 Å². The summed E-state index contributed by atoms with van der Waals surface area (Å²) in [7, 11) is 0. The molecule has 0 aromatic heterocycles. The Labute approximate surface area is 145 Å². The molecule has 2 rings (SSSR count). The summed E-state index contributed by atoms with van der Waals surface area (Å²) in [5, 5.41) is 9.05. The molecule has 4 nitrogen and oxygen atoms in total. The number of hydrogen-bond donors (Lipinski definition) is 0. The molecule has 118 valence electrons. The minimum absolute atomic E-state index is 0.230. The molecule has 0 saturated carbocycles.